The summed E-state index contributed by atoms with van der Waals surface area (Å²) in [6.45, 7) is 14.1. The second kappa shape index (κ2) is 15.5. The Hall–Kier alpha value is -2.85. The number of aromatic nitrogens is 4. The molecule has 8 nitrogen and oxygen atoms in total. The molecule has 1 aliphatic rings. The number of nitrogens with zero attached hydrogens (tertiary/aromatic N) is 5. The molecule has 204 valence electrons. The summed E-state index contributed by atoms with van der Waals surface area (Å²) in [6, 6.07) is 8.05. The number of nitrogens with one attached hydrogen (secondary N) is 1. The van der Waals surface area contributed by atoms with Crippen LogP contribution in [0.3, 0.4) is 0 Å². The molecule has 1 fully saturated rings. The van der Waals surface area contributed by atoms with E-state index in [-0.39, 0.29) is 6.04 Å². The van der Waals surface area contributed by atoms with Crippen LogP contribution in [0.4, 0.5) is 5.82 Å². The number of morpholine rings is 1. The first kappa shape index (κ1) is 31.4. The molecule has 0 amide bonds. The van der Waals surface area contributed by atoms with E-state index >= 15 is 0 Å². The van der Waals surface area contributed by atoms with Gasteiger partial charge in [-0.1, -0.05) is 33.5 Å². The third kappa shape index (κ3) is 7.60. The van der Waals surface area contributed by atoms with Crippen LogP contribution in [0.5, 0.6) is 0 Å². The Morgan fingerprint density at radius 3 is 2.42 bits per heavy atom. The van der Waals surface area contributed by atoms with Gasteiger partial charge in [0.25, 0.3) is 0 Å². The van der Waals surface area contributed by atoms with Crippen LogP contribution in [0.15, 0.2) is 40.5 Å². The number of hydrogen-bond donors (Lipinski definition) is 1. The monoisotopic (exact) mass is 536 g/mol. The lowest BCUT2D eigenvalue weighted by Gasteiger charge is -2.35. The SMILES string of the molecule is CCCC.CN=C(c1ccn[nH]1)c1nc(N2CCOC[C@H]2C)cc(-c2ccc(S(C)=O)nc2C)c1C.[B]C. The van der Waals surface area contributed by atoms with Gasteiger partial charge in [0, 0.05) is 37.3 Å². The van der Waals surface area contributed by atoms with Crippen LogP contribution >= 0.6 is 0 Å². The van der Waals surface area contributed by atoms with Gasteiger partial charge in [-0.15, -0.1) is 0 Å². The maximum Gasteiger partial charge on any atom is 0.130 e. The molecule has 10 heteroatoms. The van der Waals surface area contributed by atoms with Crippen molar-refractivity contribution in [3.8, 4) is 11.1 Å². The Kier molecular flexibility index (Phi) is 12.8. The molecule has 4 heterocycles. The number of aliphatic imine (C=N–C) groups is 1. The smallest absolute Gasteiger partial charge is 0.130 e. The highest BCUT2D eigenvalue weighted by Gasteiger charge is 2.25. The molecule has 1 saturated heterocycles. The third-order valence-electron chi connectivity index (χ3n) is 6.27. The number of rotatable bonds is 6. The zero-order valence-electron chi connectivity index (χ0n) is 24.0. The lowest BCUT2D eigenvalue weighted by Crippen LogP contribution is -2.44. The van der Waals surface area contributed by atoms with Gasteiger partial charge in [-0.2, -0.15) is 5.10 Å². The molecule has 3 aromatic rings. The molecule has 2 atom stereocenters. The Bertz CT molecular complexity index is 1210. The number of pyridine rings is 2. The molecule has 4 rings (SSSR count). The fourth-order valence-corrected chi connectivity index (χ4v) is 4.57. The normalized spacial score (nSPS) is 16.2. The average molecular weight is 537 g/mol. The first-order valence-corrected chi connectivity index (χ1v) is 14.6. The highest BCUT2D eigenvalue weighted by molar-refractivity contribution is 7.84. The molecule has 0 spiro atoms. The van der Waals surface area contributed by atoms with E-state index < -0.39 is 10.8 Å². The van der Waals surface area contributed by atoms with Crippen molar-refractivity contribution in [2.24, 2.45) is 4.99 Å². The van der Waals surface area contributed by atoms with Crippen molar-refractivity contribution < 1.29 is 8.95 Å². The summed E-state index contributed by atoms with van der Waals surface area (Å²) in [5.74, 6) is 0.875. The average Bonchev–Trinajstić information content (AvgIpc) is 3.46. The molecule has 1 N–H and O–H groups in total. The maximum absolute atomic E-state index is 11.9. The van der Waals surface area contributed by atoms with Gasteiger partial charge in [0.2, 0.25) is 0 Å². The number of ether oxygens (including phenoxy) is 1. The lowest BCUT2D eigenvalue weighted by molar-refractivity contribution is 0.0985. The van der Waals surface area contributed by atoms with Crippen molar-refractivity contribution in [2.45, 2.75) is 65.4 Å². The summed E-state index contributed by atoms with van der Waals surface area (Å²) in [7, 11) is 5.13. The fourth-order valence-electron chi connectivity index (χ4n) is 4.04. The number of aryl methyl sites for hydroxylation is 1. The Labute approximate surface area is 231 Å². The van der Waals surface area contributed by atoms with Crippen molar-refractivity contribution in [2.75, 3.05) is 38.0 Å². The minimum absolute atomic E-state index is 0.206. The van der Waals surface area contributed by atoms with Gasteiger partial charge in [0.1, 0.15) is 16.6 Å². The van der Waals surface area contributed by atoms with E-state index in [4.69, 9.17) is 9.72 Å². The molecule has 0 aliphatic carbocycles. The number of unbranched alkanes of at least 4 members (excludes halogenated alkanes) is 1. The van der Waals surface area contributed by atoms with Crippen LogP contribution in [0, 0.1) is 13.8 Å². The topological polar surface area (TPSA) is 96.4 Å². The third-order valence-corrected chi connectivity index (χ3v) is 7.09. The number of aromatic amines is 1. The Morgan fingerprint density at radius 1 is 1.18 bits per heavy atom. The summed E-state index contributed by atoms with van der Waals surface area (Å²) in [4.78, 5) is 16.5. The predicted molar refractivity (Wildman–Crippen MR) is 159 cm³/mol. The van der Waals surface area contributed by atoms with Crippen LogP contribution in [-0.4, -0.2) is 77.0 Å². The van der Waals surface area contributed by atoms with Gasteiger partial charge in [0.15, 0.2) is 0 Å². The van der Waals surface area contributed by atoms with Crippen LogP contribution in [0.25, 0.3) is 11.1 Å². The standard InChI is InChI=1S/C23H28N6O2S.C4H10.CH3B/c1-14-13-31-11-10-29(14)20-12-18(17-6-7-21(32(5)30)26-16(17)3)15(2)22(27-20)23(24-4)19-8-9-25-28-19;1-3-4-2;1-2/h6-9,12,14H,10-11,13H2,1-5H3,(H,25,28);3-4H2,1-2H3;1H3/t14-,32?;;/m1../s1. The summed E-state index contributed by atoms with van der Waals surface area (Å²) >= 11 is 0. The fraction of sp³-hybridized carbons (Fsp3) is 0.500. The zero-order valence-corrected chi connectivity index (χ0v) is 24.9. The number of H-pyrrole nitrogens is 1. The summed E-state index contributed by atoms with van der Waals surface area (Å²) in [6.07, 6.45) is 5.99. The molecule has 1 unspecified atom stereocenters. The highest BCUT2D eigenvalue weighted by atomic mass is 32.2. The molecule has 2 radical (unpaired) electrons. The summed E-state index contributed by atoms with van der Waals surface area (Å²) in [5.41, 5.74) is 6.21. The van der Waals surface area contributed by atoms with Crippen molar-refractivity contribution in [3.63, 3.8) is 0 Å². The van der Waals surface area contributed by atoms with Gasteiger partial charge in [-0.05, 0) is 56.2 Å². The van der Waals surface area contributed by atoms with Crippen LogP contribution in [0.1, 0.15) is 56.3 Å². The van der Waals surface area contributed by atoms with Crippen molar-refractivity contribution in [1.82, 2.24) is 20.2 Å². The maximum atomic E-state index is 11.9. The van der Waals surface area contributed by atoms with E-state index in [1.54, 1.807) is 19.5 Å². The summed E-state index contributed by atoms with van der Waals surface area (Å²) < 4.78 is 17.6. The Balaban J connectivity index is 0.000000773. The quantitative estimate of drug-likeness (QED) is 0.355. The first-order valence-electron chi connectivity index (χ1n) is 13.0. The summed E-state index contributed by atoms with van der Waals surface area (Å²) in [5, 5.41) is 7.68. The second-order valence-electron chi connectivity index (χ2n) is 8.90. The van der Waals surface area contributed by atoms with Crippen LogP contribution < -0.4 is 4.90 Å². The molecule has 38 heavy (non-hydrogen) atoms. The molecule has 0 saturated carbocycles. The van der Waals surface area contributed by atoms with E-state index in [9.17, 15) is 4.21 Å². The molecular formula is C28H41BN6O2S. The van der Waals surface area contributed by atoms with Gasteiger partial charge < -0.3 is 9.64 Å². The molecule has 1 aliphatic heterocycles. The van der Waals surface area contributed by atoms with Gasteiger partial charge in [-0.25, -0.2) is 9.97 Å². The second-order valence-corrected chi connectivity index (χ2v) is 10.2. The van der Waals surface area contributed by atoms with Gasteiger partial charge >= 0.3 is 0 Å². The zero-order chi connectivity index (χ0) is 28.2. The van der Waals surface area contributed by atoms with E-state index in [1.807, 2.05) is 25.1 Å². The molecule has 0 bridgehead atoms. The first-order chi connectivity index (χ1) is 18.3. The largest absolute Gasteiger partial charge is 0.377 e. The van der Waals surface area contributed by atoms with E-state index in [1.165, 1.54) is 19.7 Å². The van der Waals surface area contributed by atoms with E-state index in [0.717, 1.165) is 51.8 Å². The van der Waals surface area contributed by atoms with Crippen LogP contribution in [-0.2, 0) is 15.5 Å². The van der Waals surface area contributed by atoms with E-state index in [2.05, 4.69) is 66.7 Å². The number of hydrogen-bond acceptors (Lipinski definition) is 7. The molecule has 0 aromatic carbocycles. The van der Waals surface area contributed by atoms with Crippen molar-refractivity contribution >= 4 is 30.2 Å². The van der Waals surface area contributed by atoms with Gasteiger partial charge in [-0.3, -0.25) is 14.3 Å². The molecule has 3 aromatic heterocycles. The molecular weight excluding hydrogens is 495 g/mol. The number of anilines is 1. The van der Waals surface area contributed by atoms with Crippen molar-refractivity contribution in [1.29, 1.82) is 0 Å². The predicted octanol–water partition coefficient (Wildman–Crippen LogP) is 4.92. The minimum Gasteiger partial charge on any atom is -0.377 e. The minimum atomic E-state index is -1.13. The van der Waals surface area contributed by atoms with E-state index in [0.29, 0.717) is 18.2 Å². The Morgan fingerprint density at radius 2 is 1.89 bits per heavy atom. The lowest BCUT2D eigenvalue weighted by atomic mass is 9.96. The highest BCUT2D eigenvalue weighted by Crippen LogP contribution is 2.33. The van der Waals surface area contributed by atoms with Crippen molar-refractivity contribution in [3.05, 3.63) is 53.1 Å². The van der Waals surface area contributed by atoms with Crippen LogP contribution in [0.2, 0.25) is 6.82 Å². The van der Waals surface area contributed by atoms with Gasteiger partial charge in [0.05, 0.1) is 49.3 Å².